The van der Waals surface area contributed by atoms with E-state index in [-0.39, 0.29) is 17.5 Å². The second-order valence-electron chi connectivity index (χ2n) is 5.00. The molecule has 1 aliphatic rings. The van der Waals surface area contributed by atoms with Crippen LogP contribution in [-0.4, -0.2) is 42.8 Å². The normalized spacial score (nSPS) is 19.4. The highest BCUT2D eigenvalue weighted by Crippen LogP contribution is 2.30. The van der Waals surface area contributed by atoms with Gasteiger partial charge in [0.25, 0.3) is 0 Å². The summed E-state index contributed by atoms with van der Waals surface area (Å²) in [6.07, 6.45) is 0. The first-order chi connectivity index (χ1) is 8.32. The summed E-state index contributed by atoms with van der Waals surface area (Å²) >= 11 is 0. The molecule has 2 rings (SSSR count). The standard InChI is InChI=1S/C11H20N4O2S/c1-8(2)15-11(10(12)9(3)13-15)14-4-6-18(16,17)7-5-14/h8H,4-7,12H2,1-3H3. The molecule has 1 aromatic heterocycles. The van der Waals surface area contributed by atoms with Gasteiger partial charge in [-0.1, -0.05) is 0 Å². The molecule has 1 saturated heterocycles. The van der Waals surface area contributed by atoms with Crippen molar-refractivity contribution < 1.29 is 8.42 Å². The lowest BCUT2D eigenvalue weighted by molar-refractivity contribution is 0.521. The minimum absolute atomic E-state index is 0.189. The predicted molar refractivity (Wildman–Crippen MR) is 72.6 cm³/mol. The van der Waals surface area contributed by atoms with E-state index in [0.29, 0.717) is 18.8 Å². The maximum Gasteiger partial charge on any atom is 0.153 e. The van der Waals surface area contributed by atoms with Crippen LogP contribution in [0.2, 0.25) is 0 Å². The van der Waals surface area contributed by atoms with Gasteiger partial charge in [-0.2, -0.15) is 5.10 Å². The van der Waals surface area contributed by atoms with Gasteiger partial charge in [-0.25, -0.2) is 13.1 Å². The second-order valence-corrected chi connectivity index (χ2v) is 7.30. The van der Waals surface area contributed by atoms with Gasteiger partial charge in [0.2, 0.25) is 0 Å². The second kappa shape index (κ2) is 4.46. The lowest BCUT2D eigenvalue weighted by Gasteiger charge is -2.30. The molecule has 1 fully saturated rings. The van der Waals surface area contributed by atoms with E-state index in [2.05, 4.69) is 5.10 Å². The van der Waals surface area contributed by atoms with Gasteiger partial charge >= 0.3 is 0 Å². The topological polar surface area (TPSA) is 81.2 Å². The molecular weight excluding hydrogens is 252 g/mol. The van der Waals surface area contributed by atoms with Gasteiger partial charge in [-0.05, 0) is 20.8 Å². The minimum Gasteiger partial charge on any atom is -0.394 e. The Morgan fingerprint density at radius 3 is 2.33 bits per heavy atom. The fourth-order valence-corrected chi connectivity index (χ4v) is 3.35. The summed E-state index contributed by atoms with van der Waals surface area (Å²) in [5, 5.41) is 4.42. The van der Waals surface area contributed by atoms with E-state index in [1.807, 2.05) is 30.4 Å². The summed E-state index contributed by atoms with van der Waals surface area (Å²) in [7, 11) is -2.87. The molecule has 18 heavy (non-hydrogen) atoms. The van der Waals surface area contributed by atoms with Crippen LogP contribution in [0.1, 0.15) is 25.6 Å². The quantitative estimate of drug-likeness (QED) is 0.852. The summed E-state index contributed by atoms with van der Waals surface area (Å²) in [6.45, 7) is 6.93. The van der Waals surface area contributed by atoms with Crippen LogP contribution in [0.4, 0.5) is 11.5 Å². The number of rotatable bonds is 2. The molecule has 102 valence electrons. The Balaban J connectivity index is 2.34. The third-order valence-corrected chi connectivity index (χ3v) is 4.85. The average molecular weight is 272 g/mol. The van der Waals surface area contributed by atoms with Crippen molar-refractivity contribution in [2.24, 2.45) is 0 Å². The molecule has 0 radical (unpaired) electrons. The van der Waals surface area contributed by atoms with Gasteiger partial charge < -0.3 is 10.6 Å². The first-order valence-corrected chi connectivity index (χ1v) is 7.94. The molecule has 2 heterocycles. The third-order valence-electron chi connectivity index (χ3n) is 3.24. The summed E-state index contributed by atoms with van der Waals surface area (Å²) in [5.41, 5.74) is 7.52. The molecule has 0 atom stereocenters. The minimum atomic E-state index is -2.87. The fourth-order valence-electron chi connectivity index (χ4n) is 2.15. The molecule has 2 N–H and O–H groups in total. The van der Waals surface area contributed by atoms with Crippen LogP contribution < -0.4 is 10.6 Å². The molecular formula is C11H20N4O2S. The Labute approximate surface area is 108 Å². The van der Waals surface area contributed by atoms with Gasteiger partial charge in [-0.15, -0.1) is 0 Å². The van der Waals surface area contributed by atoms with Gasteiger partial charge in [0.05, 0.1) is 22.9 Å². The summed E-state index contributed by atoms with van der Waals surface area (Å²) in [6, 6.07) is 0.203. The molecule has 1 aromatic rings. The maximum atomic E-state index is 11.5. The smallest absolute Gasteiger partial charge is 0.153 e. The van der Waals surface area contributed by atoms with Crippen LogP contribution in [0.3, 0.4) is 0 Å². The van der Waals surface area contributed by atoms with Crippen molar-refractivity contribution in [2.45, 2.75) is 26.8 Å². The summed E-state index contributed by atoms with van der Waals surface area (Å²) in [4.78, 5) is 2.02. The van der Waals surface area contributed by atoms with Gasteiger partial charge in [0, 0.05) is 19.1 Å². The highest BCUT2D eigenvalue weighted by molar-refractivity contribution is 7.91. The molecule has 0 amide bonds. The lowest BCUT2D eigenvalue weighted by Crippen LogP contribution is -2.41. The van der Waals surface area contributed by atoms with E-state index in [4.69, 9.17) is 5.73 Å². The number of nitrogens with two attached hydrogens (primary N) is 1. The fraction of sp³-hybridized carbons (Fsp3) is 0.727. The average Bonchev–Trinajstić information content (AvgIpc) is 2.57. The van der Waals surface area contributed by atoms with Gasteiger partial charge in [-0.3, -0.25) is 0 Å². The third kappa shape index (κ3) is 2.31. The number of nitrogens with zero attached hydrogens (tertiary/aromatic N) is 3. The maximum absolute atomic E-state index is 11.5. The van der Waals surface area contributed by atoms with Gasteiger partial charge in [0.15, 0.2) is 15.7 Å². The Hall–Kier alpha value is -1.24. The van der Waals surface area contributed by atoms with Crippen LogP contribution in [0.5, 0.6) is 0 Å². The number of aromatic nitrogens is 2. The van der Waals surface area contributed by atoms with Crippen molar-refractivity contribution in [2.75, 3.05) is 35.2 Å². The van der Waals surface area contributed by atoms with Crippen molar-refractivity contribution in [1.29, 1.82) is 0 Å². The number of sulfone groups is 1. The zero-order chi connectivity index (χ0) is 13.5. The number of hydrogen-bond acceptors (Lipinski definition) is 5. The molecule has 0 aliphatic carbocycles. The Morgan fingerprint density at radius 2 is 1.83 bits per heavy atom. The van der Waals surface area contributed by atoms with Crippen molar-refractivity contribution in [3.8, 4) is 0 Å². The summed E-state index contributed by atoms with van der Waals surface area (Å²) in [5.74, 6) is 1.24. The number of hydrogen-bond donors (Lipinski definition) is 1. The van der Waals surface area contributed by atoms with Crippen molar-refractivity contribution in [1.82, 2.24) is 9.78 Å². The molecule has 0 spiro atoms. The van der Waals surface area contributed by atoms with Crippen LogP contribution in [-0.2, 0) is 9.84 Å². The number of anilines is 2. The molecule has 7 heteroatoms. The largest absolute Gasteiger partial charge is 0.394 e. The van der Waals surface area contributed by atoms with Crippen molar-refractivity contribution in [3.63, 3.8) is 0 Å². The van der Waals surface area contributed by atoms with Crippen molar-refractivity contribution in [3.05, 3.63) is 5.69 Å². The van der Waals surface area contributed by atoms with E-state index >= 15 is 0 Å². The Kier molecular flexibility index (Phi) is 3.27. The lowest BCUT2D eigenvalue weighted by atomic mass is 10.3. The monoisotopic (exact) mass is 272 g/mol. The van der Waals surface area contributed by atoms with E-state index < -0.39 is 9.84 Å². The van der Waals surface area contributed by atoms with Crippen LogP contribution in [0.15, 0.2) is 0 Å². The Bertz CT molecular complexity index is 534. The highest BCUT2D eigenvalue weighted by atomic mass is 32.2. The molecule has 0 bridgehead atoms. The first-order valence-electron chi connectivity index (χ1n) is 6.12. The van der Waals surface area contributed by atoms with E-state index in [9.17, 15) is 8.42 Å². The molecule has 1 aliphatic heterocycles. The number of nitrogen functional groups attached to an aromatic ring is 1. The van der Waals surface area contributed by atoms with Gasteiger partial charge in [0.1, 0.15) is 0 Å². The number of aryl methyl sites for hydroxylation is 1. The predicted octanol–water partition coefficient (Wildman–Crippen LogP) is 0.589. The molecule has 0 unspecified atom stereocenters. The zero-order valence-corrected chi connectivity index (χ0v) is 11.9. The first kappa shape index (κ1) is 13.2. The van der Waals surface area contributed by atoms with E-state index in [1.165, 1.54) is 0 Å². The Morgan fingerprint density at radius 1 is 1.28 bits per heavy atom. The van der Waals surface area contributed by atoms with Crippen LogP contribution in [0.25, 0.3) is 0 Å². The van der Waals surface area contributed by atoms with Crippen LogP contribution >= 0.6 is 0 Å². The van der Waals surface area contributed by atoms with Crippen molar-refractivity contribution >= 4 is 21.3 Å². The van der Waals surface area contributed by atoms with Crippen LogP contribution in [0, 0.1) is 6.92 Å². The molecule has 0 saturated carbocycles. The van der Waals surface area contributed by atoms with E-state index in [0.717, 1.165) is 11.5 Å². The zero-order valence-electron chi connectivity index (χ0n) is 11.0. The highest BCUT2D eigenvalue weighted by Gasteiger charge is 2.27. The molecule has 0 aromatic carbocycles. The van der Waals surface area contributed by atoms with E-state index in [1.54, 1.807) is 0 Å². The SMILES string of the molecule is Cc1nn(C(C)C)c(N2CCS(=O)(=O)CC2)c1N. The summed E-state index contributed by atoms with van der Waals surface area (Å²) < 4.78 is 24.8. The molecule has 6 nitrogen and oxygen atoms in total.